The number of carboxylic acid groups (broad SMARTS) is 1. The Morgan fingerprint density at radius 3 is 2.68 bits per heavy atom. The van der Waals surface area contributed by atoms with Gasteiger partial charge in [-0.25, -0.2) is 0 Å². The Hall–Kier alpha value is -2.29. The van der Waals surface area contributed by atoms with Crippen molar-refractivity contribution in [3.63, 3.8) is 0 Å². The second-order valence-electron chi connectivity index (χ2n) is 4.81. The van der Waals surface area contributed by atoms with E-state index in [1.54, 1.807) is 6.92 Å². The second-order valence-corrected chi connectivity index (χ2v) is 4.81. The summed E-state index contributed by atoms with van der Waals surface area (Å²) in [7, 11) is 0. The minimum atomic E-state index is -0.808. The summed E-state index contributed by atoms with van der Waals surface area (Å²) in [6.45, 7) is 1.70. The van der Waals surface area contributed by atoms with Crippen LogP contribution in [0.15, 0.2) is 42.5 Å². The van der Waals surface area contributed by atoms with Crippen molar-refractivity contribution in [2.24, 2.45) is 0 Å². The molecule has 0 aromatic heterocycles. The number of carbonyl (C=O) groups is 1. The van der Waals surface area contributed by atoms with Crippen LogP contribution in [0.5, 0.6) is 11.5 Å². The molecule has 0 saturated heterocycles. The van der Waals surface area contributed by atoms with Crippen LogP contribution < -0.4 is 4.74 Å². The molecule has 0 aliphatic carbocycles. The average Bonchev–Trinajstić information content (AvgIpc) is 2.43. The van der Waals surface area contributed by atoms with Crippen molar-refractivity contribution in [2.75, 3.05) is 0 Å². The average molecular weight is 254 g/mol. The van der Waals surface area contributed by atoms with Crippen molar-refractivity contribution < 1.29 is 14.6 Å². The SMILES string of the molecule is CC(C(=O)O)c1ccc2c(c1)Cc1ccccc1O2. The van der Waals surface area contributed by atoms with Crippen LogP contribution in [0.3, 0.4) is 0 Å². The zero-order chi connectivity index (χ0) is 13.4. The van der Waals surface area contributed by atoms with E-state index in [9.17, 15) is 4.79 Å². The van der Waals surface area contributed by atoms with E-state index in [1.165, 1.54) is 0 Å². The molecule has 1 N–H and O–H groups in total. The lowest BCUT2D eigenvalue weighted by atomic mass is 9.94. The van der Waals surface area contributed by atoms with Gasteiger partial charge in [0.15, 0.2) is 0 Å². The van der Waals surface area contributed by atoms with Gasteiger partial charge in [-0.3, -0.25) is 4.79 Å². The van der Waals surface area contributed by atoms with Gasteiger partial charge in [0.25, 0.3) is 0 Å². The molecule has 1 atom stereocenters. The molecule has 1 heterocycles. The van der Waals surface area contributed by atoms with Crippen molar-refractivity contribution in [1.82, 2.24) is 0 Å². The zero-order valence-electron chi connectivity index (χ0n) is 10.6. The second kappa shape index (κ2) is 4.43. The summed E-state index contributed by atoms with van der Waals surface area (Å²) in [5.41, 5.74) is 2.99. The first-order valence-electron chi connectivity index (χ1n) is 6.26. The number of aliphatic carboxylic acids is 1. The fourth-order valence-corrected chi connectivity index (χ4v) is 2.32. The molecule has 0 radical (unpaired) electrons. The Bertz CT molecular complexity index is 646. The first-order valence-corrected chi connectivity index (χ1v) is 6.26. The van der Waals surface area contributed by atoms with Crippen LogP contribution in [0.25, 0.3) is 0 Å². The molecule has 2 aromatic rings. The first-order chi connectivity index (χ1) is 9.15. The molecule has 3 rings (SSSR count). The van der Waals surface area contributed by atoms with Gasteiger partial charge in [0.05, 0.1) is 5.92 Å². The summed E-state index contributed by atoms with van der Waals surface area (Å²) < 4.78 is 5.83. The van der Waals surface area contributed by atoms with Crippen LogP contribution in [0.2, 0.25) is 0 Å². The van der Waals surface area contributed by atoms with Crippen molar-refractivity contribution in [3.8, 4) is 11.5 Å². The normalized spacial score (nSPS) is 13.9. The summed E-state index contributed by atoms with van der Waals surface area (Å²) in [5.74, 6) is 0.397. The summed E-state index contributed by atoms with van der Waals surface area (Å²) in [6.07, 6.45) is 0.783. The van der Waals surface area contributed by atoms with Gasteiger partial charge in [-0.1, -0.05) is 30.3 Å². The van der Waals surface area contributed by atoms with Gasteiger partial charge in [0.1, 0.15) is 11.5 Å². The standard InChI is InChI=1S/C16H14O3/c1-10(16(17)18)11-6-7-15-13(8-11)9-12-4-2-3-5-14(12)19-15/h2-8,10H,9H2,1H3,(H,17,18). The third-order valence-electron chi connectivity index (χ3n) is 3.53. The highest BCUT2D eigenvalue weighted by molar-refractivity contribution is 5.75. The molecule has 0 fully saturated rings. The van der Waals surface area contributed by atoms with Crippen molar-refractivity contribution in [2.45, 2.75) is 19.3 Å². The number of carboxylic acids is 1. The van der Waals surface area contributed by atoms with Gasteiger partial charge in [-0.2, -0.15) is 0 Å². The molecule has 3 heteroatoms. The monoisotopic (exact) mass is 254 g/mol. The Kier molecular flexibility index (Phi) is 2.75. The van der Waals surface area contributed by atoms with E-state index in [2.05, 4.69) is 0 Å². The number of benzene rings is 2. The third kappa shape index (κ3) is 2.08. The van der Waals surface area contributed by atoms with Gasteiger partial charge >= 0.3 is 5.97 Å². The van der Waals surface area contributed by atoms with E-state index in [1.807, 2.05) is 42.5 Å². The van der Waals surface area contributed by atoms with Crippen LogP contribution in [-0.2, 0) is 11.2 Å². The fraction of sp³-hybridized carbons (Fsp3) is 0.188. The van der Waals surface area contributed by atoms with Gasteiger partial charge in [-0.15, -0.1) is 0 Å². The van der Waals surface area contributed by atoms with Crippen LogP contribution in [0.4, 0.5) is 0 Å². The number of ether oxygens (including phenoxy) is 1. The van der Waals surface area contributed by atoms with Crippen molar-refractivity contribution >= 4 is 5.97 Å². The predicted octanol–water partition coefficient (Wildman–Crippen LogP) is 3.57. The van der Waals surface area contributed by atoms with Crippen LogP contribution >= 0.6 is 0 Å². The largest absolute Gasteiger partial charge is 0.481 e. The molecule has 1 aliphatic heterocycles. The number of para-hydroxylation sites is 1. The quantitative estimate of drug-likeness (QED) is 0.760. The van der Waals surface area contributed by atoms with E-state index in [0.29, 0.717) is 0 Å². The number of hydrogen-bond donors (Lipinski definition) is 1. The van der Waals surface area contributed by atoms with Crippen molar-refractivity contribution in [3.05, 3.63) is 59.2 Å². The molecule has 0 bridgehead atoms. The van der Waals surface area contributed by atoms with E-state index < -0.39 is 11.9 Å². The maximum absolute atomic E-state index is 11.0. The smallest absolute Gasteiger partial charge is 0.310 e. The van der Waals surface area contributed by atoms with E-state index in [4.69, 9.17) is 9.84 Å². The molecule has 1 aliphatic rings. The lowest BCUT2D eigenvalue weighted by Gasteiger charge is -2.21. The highest BCUT2D eigenvalue weighted by Crippen LogP contribution is 2.37. The van der Waals surface area contributed by atoms with Crippen LogP contribution in [-0.4, -0.2) is 11.1 Å². The highest BCUT2D eigenvalue weighted by atomic mass is 16.5. The summed E-state index contributed by atoms with van der Waals surface area (Å²) in [4.78, 5) is 11.0. The zero-order valence-corrected chi connectivity index (χ0v) is 10.6. The molecule has 0 amide bonds. The minimum absolute atomic E-state index is 0.498. The third-order valence-corrected chi connectivity index (χ3v) is 3.53. The molecule has 3 nitrogen and oxygen atoms in total. The Balaban J connectivity index is 1.98. The van der Waals surface area contributed by atoms with Gasteiger partial charge < -0.3 is 9.84 Å². The van der Waals surface area contributed by atoms with Crippen LogP contribution in [0.1, 0.15) is 29.5 Å². The maximum Gasteiger partial charge on any atom is 0.310 e. The summed E-state index contributed by atoms with van der Waals surface area (Å²) in [6, 6.07) is 13.5. The number of fused-ring (bicyclic) bond motifs is 2. The molecular weight excluding hydrogens is 240 g/mol. The van der Waals surface area contributed by atoms with Crippen LogP contribution in [0, 0.1) is 0 Å². The number of hydrogen-bond acceptors (Lipinski definition) is 2. The summed E-state index contributed by atoms with van der Waals surface area (Å²) in [5, 5.41) is 9.07. The van der Waals surface area contributed by atoms with Gasteiger partial charge in [-0.05, 0) is 35.7 Å². The maximum atomic E-state index is 11.0. The lowest BCUT2D eigenvalue weighted by molar-refractivity contribution is -0.138. The van der Waals surface area contributed by atoms with Crippen molar-refractivity contribution in [1.29, 1.82) is 0 Å². The Labute approximate surface area is 111 Å². The Morgan fingerprint density at radius 2 is 1.89 bits per heavy atom. The number of rotatable bonds is 2. The van der Waals surface area contributed by atoms with Gasteiger partial charge in [0, 0.05) is 6.42 Å². The van der Waals surface area contributed by atoms with E-state index >= 15 is 0 Å². The molecule has 0 spiro atoms. The molecule has 19 heavy (non-hydrogen) atoms. The molecular formula is C16H14O3. The fourth-order valence-electron chi connectivity index (χ4n) is 2.32. The molecule has 2 aromatic carbocycles. The summed E-state index contributed by atoms with van der Waals surface area (Å²) >= 11 is 0. The molecule has 1 unspecified atom stereocenters. The predicted molar refractivity (Wildman–Crippen MR) is 71.8 cm³/mol. The first kappa shape index (κ1) is 11.8. The molecule has 0 saturated carbocycles. The highest BCUT2D eigenvalue weighted by Gasteiger charge is 2.20. The Morgan fingerprint density at radius 1 is 1.16 bits per heavy atom. The topological polar surface area (TPSA) is 46.5 Å². The van der Waals surface area contributed by atoms with E-state index in [-0.39, 0.29) is 0 Å². The van der Waals surface area contributed by atoms with E-state index in [0.717, 1.165) is 34.6 Å². The minimum Gasteiger partial charge on any atom is -0.481 e. The van der Waals surface area contributed by atoms with Gasteiger partial charge in [0.2, 0.25) is 0 Å². The lowest BCUT2D eigenvalue weighted by Crippen LogP contribution is -2.09. The molecule has 96 valence electrons.